The van der Waals surface area contributed by atoms with Gasteiger partial charge in [0.05, 0.1) is 11.3 Å². The molecule has 2 N–H and O–H groups in total. The average molecular weight is 268 g/mol. The zero-order valence-corrected chi connectivity index (χ0v) is 10.3. The van der Waals surface area contributed by atoms with E-state index in [1.165, 1.54) is 0 Å². The van der Waals surface area contributed by atoms with Gasteiger partial charge < -0.3 is 10.6 Å². The molecule has 0 atom stereocenters. The van der Waals surface area contributed by atoms with Gasteiger partial charge in [0, 0.05) is 18.1 Å². The molecule has 0 aliphatic carbocycles. The Morgan fingerprint density at radius 1 is 1.53 bits per heavy atom. The van der Waals surface area contributed by atoms with E-state index in [9.17, 15) is 0 Å². The third kappa shape index (κ3) is 2.95. The molecule has 4 heteroatoms. The van der Waals surface area contributed by atoms with Crippen LogP contribution in [-0.4, -0.2) is 20.1 Å². The molecule has 0 aliphatic heterocycles. The number of hydrogen-bond acceptors (Lipinski definition) is 3. The van der Waals surface area contributed by atoms with Crippen LogP contribution in [0.15, 0.2) is 22.7 Å². The number of anilines is 1. The van der Waals surface area contributed by atoms with E-state index in [0.717, 1.165) is 23.1 Å². The second-order valence-corrected chi connectivity index (χ2v) is 4.16. The maximum absolute atomic E-state index is 9.04. The SMILES string of the molecule is CN(CCCN)c1cccc(Br)c1C#N. The van der Waals surface area contributed by atoms with Crippen molar-refractivity contribution in [1.82, 2.24) is 0 Å². The average Bonchev–Trinajstić information content (AvgIpc) is 2.25. The molecule has 1 aromatic rings. The summed E-state index contributed by atoms with van der Waals surface area (Å²) < 4.78 is 0.835. The zero-order chi connectivity index (χ0) is 11.3. The van der Waals surface area contributed by atoms with Crippen molar-refractivity contribution in [3.8, 4) is 6.07 Å². The van der Waals surface area contributed by atoms with Crippen LogP contribution in [0.2, 0.25) is 0 Å². The Labute approximate surface area is 98.6 Å². The van der Waals surface area contributed by atoms with Crippen molar-refractivity contribution in [3.05, 3.63) is 28.2 Å². The Bertz CT molecular complexity index is 371. The number of nitrogens with zero attached hydrogens (tertiary/aromatic N) is 2. The fourth-order valence-electron chi connectivity index (χ4n) is 1.39. The monoisotopic (exact) mass is 267 g/mol. The normalized spacial score (nSPS) is 9.73. The van der Waals surface area contributed by atoms with Gasteiger partial charge in [-0.25, -0.2) is 0 Å². The van der Waals surface area contributed by atoms with E-state index in [1.54, 1.807) is 0 Å². The van der Waals surface area contributed by atoms with E-state index >= 15 is 0 Å². The largest absolute Gasteiger partial charge is 0.373 e. The predicted molar refractivity (Wildman–Crippen MR) is 65.8 cm³/mol. The van der Waals surface area contributed by atoms with E-state index in [2.05, 4.69) is 26.9 Å². The summed E-state index contributed by atoms with van der Waals surface area (Å²) in [6.45, 7) is 1.53. The first-order valence-corrected chi connectivity index (χ1v) is 5.59. The van der Waals surface area contributed by atoms with Crippen LogP contribution < -0.4 is 10.6 Å². The highest BCUT2D eigenvalue weighted by molar-refractivity contribution is 9.10. The Hall–Kier alpha value is -1.05. The summed E-state index contributed by atoms with van der Waals surface area (Å²) in [5.41, 5.74) is 7.08. The van der Waals surface area contributed by atoms with E-state index < -0.39 is 0 Å². The molecule has 0 spiro atoms. The number of hydrogen-bond donors (Lipinski definition) is 1. The fourth-order valence-corrected chi connectivity index (χ4v) is 1.83. The van der Waals surface area contributed by atoms with Crippen molar-refractivity contribution in [1.29, 1.82) is 5.26 Å². The third-order valence-electron chi connectivity index (χ3n) is 2.21. The van der Waals surface area contributed by atoms with Gasteiger partial charge in [0.15, 0.2) is 0 Å². The highest BCUT2D eigenvalue weighted by Gasteiger charge is 2.09. The van der Waals surface area contributed by atoms with Crippen LogP contribution >= 0.6 is 15.9 Å². The first-order valence-electron chi connectivity index (χ1n) is 4.80. The van der Waals surface area contributed by atoms with Crippen LogP contribution in [0, 0.1) is 11.3 Å². The quantitative estimate of drug-likeness (QED) is 0.909. The molecule has 0 aliphatic rings. The molecule has 0 saturated carbocycles. The fraction of sp³-hybridized carbons (Fsp3) is 0.364. The minimum absolute atomic E-state index is 0.667. The Kier molecular flexibility index (Phi) is 4.60. The molecule has 0 radical (unpaired) electrons. The van der Waals surface area contributed by atoms with Gasteiger partial charge in [0.25, 0.3) is 0 Å². The molecule has 1 aromatic carbocycles. The lowest BCUT2D eigenvalue weighted by Gasteiger charge is -2.20. The molecule has 1 rings (SSSR count). The van der Waals surface area contributed by atoms with Gasteiger partial charge in [0.2, 0.25) is 0 Å². The van der Waals surface area contributed by atoms with Crippen LogP contribution in [0.3, 0.4) is 0 Å². The molecular formula is C11H14BrN3. The van der Waals surface area contributed by atoms with Crippen molar-refractivity contribution in [3.63, 3.8) is 0 Å². The molecule has 0 saturated heterocycles. The molecule has 80 valence electrons. The highest BCUT2D eigenvalue weighted by atomic mass is 79.9. The second-order valence-electron chi connectivity index (χ2n) is 3.31. The topological polar surface area (TPSA) is 53.0 Å². The summed E-state index contributed by atoms with van der Waals surface area (Å²) in [6.07, 6.45) is 0.924. The number of benzene rings is 1. The van der Waals surface area contributed by atoms with Crippen LogP contribution in [0.1, 0.15) is 12.0 Å². The van der Waals surface area contributed by atoms with E-state index in [4.69, 9.17) is 11.0 Å². The van der Waals surface area contributed by atoms with Crippen LogP contribution in [0.5, 0.6) is 0 Å². The Balaban J connectivity index is 2.93. The van der Waals surface area contributed by atoms with Crippen LogP contribution in [-0.2, 0) is 0 Å². The molecule has 0 fully saturated rings. The lowest BCUT2D eigenvalue weighted by Crippen LogP contribution is -2.21. The van der Waals surface area contributed by atoms with Gasteiger partial charge in [0.1, 0.15) is 6.07 Å². The molecule has 0 heterocycles. The van der Waals surface area contributed by atoms with Crippen LogP contribution in [0.4, 0.5) is 5.69 Å². The predicted octanol–water partition coefficient (Wildman–Crippen LogP) is 2.11. The van der Waals surface area contributed by atoms with Crippen molar-refractivity contribution >= 4 is 21.6 Å². The second kappa shape index (κ2) is 5.74. The summed E-state index contributed by atoms with van der Waals surface area (Å²) >= 11 is 3.37. The number of rotatable bonds is 4. The number of nitriles is 1. The molecule has 3 nitrogen and oxygen atoms in total. The summed E-state index contributed by atoms with van der Waals surface area (Å²) in [4.78, 5) is 2.05. The standard InChI is InChI=1S/C11H14BrN3/c1-15(7-3-6-13)11-5-2-4-10(12)9(11)8-14/h2,4-5H,3,6-7,13H2,1H3. The van der Waals surface area contributed by atoms with Crippen LogP contribution in [0.25, 0.3) is 0 Å². The van der Waals surface area contributed by atoms with Gasteiger partial charge in [-0.1, -0.05) is 6.07 Å². The van der Waals surface area contributed by atoms with Crippen molar-refractivity contribution < 1.29 is 0 Å². The Morgan fingerprint density at radius 2 is 2.27 bits per heavy atom. The van der Waals surface area contributed by atoms with E-state index in [0.29, 0.717) is 12.1 Å². The van der Waals surface area contributed by atoms with Crippen molar-refractivity contribution in [2.75, 3.05) is 25.0 Å². The van der Waals surface area contributed by atoms with Gasteiger partial charge >= 0.3 is 0 Å². The maximum Gasteiger partial charge on any atom is 0.103 e. The Morgan fingerprint density at radius 3 is 2.87 bits per heavy atom. The summed E-state index contributed by atoms with van der Waals surface area (Å²) in [7, 11) is 1.97. The van der Waals surface area contributed by atoms with Crippen molar-refractivity contribution in [2.45, 2.75) is 6.42 Å². The summed E-state index contributed by atoms with van der Waals surface area (Å²) in [6, 6.07) is 7.95. The number of halogens is 1. The van der Waals surface area contributed by atoms with E-state index in [-0.39, 0.29) is 0 Å². The minimum atomic E-state index is 0.667. The molecular weight excluding hydrogens is 254 g/mol. The van der Waals surface area contributed by atoms with Gasteiger partial charge in [-0.05, 0) is 41.0 Å². The van der Waals surface area contributed by atoms with Gasteiger partial charge in [-0.3, -0.25) is 0 Å². The molecule has 15 heavy (non-hydrogen) atoms. The highest BCUT2D eigenvalue weighted by Crippen LogP contribution is 2.26. The molecule has 0 amide bonds. The van der Waals surface area contributed by atoms with Crippen molar-refractivity contribution in [2.24, 2.45) is 5.73 Å². The first kappa shape index (κ1) is 12.0. The smallest absolute Gasteiger partial charge is 0.103 e. The lowest BCUT2D eigenvalue weighted by atomic mass is 10.2. The molecule has 0 bridgehead atoms. The zero-order valence-electron chi connectivity index (χ0n) is 8.70. The number of nitrogens with two attached hydrogens (primary N) is 1. The third-order valence-corrected chi connectivity index (χ3v) is 2.87. The summed E-state index contributed by atoms with van der Waals surface area (Å²) in [5.74, 6) is 0. The minimum Gasteiger partial charge on any atom is -0.373 e. The summed E-state index contributed by atoms with van der Waals surface area (Å²) in [5, 5.41) is 9.04. The molecule has 0 unspecified atom stereocenters. The maximum atomic E-state index is 9.04. The lowest BCUT2D eigenvalue weighted by molar-refractivity contribution is 0.795. The first-order chi connectivity index (χ1) is 7.20. The van der Waals surface area contributed by atoms with Gasteiger partial charge in [-0.2, -0.15) is 5.26 Å². The van der Waals surface area contributed by atoms with E-state index in [1.807, 2.05) is 25.2 Å². The van der Waals surface area contributed by atoms with Gasteiger partial charge in [-0.15, -0.1) is 0 Å². The molecule has 0 aromatic heterocycles.